The highest BCUT2D eigenvalue weighted by Gasteiger charge is 2.59. The molecule has 0 bridgehead atoms. The van der Waals surface area contributed by atoms with Crippen LogP contribution in [-0.2, 0) is 14.3 Å². The molecule has 5 aliphatic rings. The standard InChI is InChI=1S/C34H37F4NO3/c1-33-19-27(21-5-7-22(8-6-21)39-14-2-3-15-39)32-24-10-9-23(40)17-25(24)30(35)18-26(32)28(33)11-12-29(33)31(41)20-42-16-4-13-34(36,37)38/h5-8,17,26-30H,2-3,9-12,14-16,18-20H2,1H3/t26-,27+,28-,29+,30?,33-/m0/s1. The van der Waals surface area contributed by atoms with Crippen molar-refractivity contribution in [1.29, 1.82) is 0 Å². The smallest absolute Gasteiger partial charge is 0.372 e. The van der Waals surface area contributed by atoms with E-state index in [9.17, 15) is 22.8 Å². The molecule has 6 rings (SSSR count). The Hall–Kier alpha value is -2.92. The Kier molecular flexibility index (Phi) is 7.84. The molecule has 1 aliphatic heterocycles. The molecule has 0 N–H and O–H groups in total. The van der Waals surface area contributed by atoms with Gasteiger partial charge in [-0.15, -0.1) is 0 Å². The van der Waals surface area contributed by atoms with Crippen LogP contribution in [0.3, 0.4) is 0 Å². The van der Waals surface area contributed by atoms with Crippen molar-refractivity contribution in [2.24, 2.45) is 23.2 Å². The van der Waals surface area contributed by atoms with E-state index in [4.69, 9.17) is 4.74 Å². The van der Waals surface area contributed by atoms with Gasteiger partial charge in [0.2, 0.25) is 0 Å². The summed E-state index contributed by atoms with van der Waals surface area (Å²) < 4.78 is 58.0. The number of carbonyl (C=O) groups is 2. The van der Waals surface area contributed by atoms with Crippen molar-refractivity contribution in [3.63, 3.8) is 0 Å². The van der Waals surface area contributed by atoms with Crippen LogP contribution in [0.4, 0.5) is 23.2 Å². The lowest BCUT2D eigenvalue weighted by molar-refractivity contribution is -0.131. The second kappa shape index (κ2) is 11.3. The normalized spacial score (nSPS) is 32.5. The second-order valence-corrected chi connectivity index (χ2v) is 12.9. The summed E-state index contributed by atoms with van der Waals surface area (Å²) in [7, 11) is 0. The van der Waals surface area contributed by atoms with E-state index in [2.05, 4.69) is 36.1 Å². The molecule has 42 heavy (non-hydrogen) atoms. The van der Waals surface area contributed by atoms with Gasteiger partial charge < -0.3 is 9.64 Å². The van der Waals surface area contributed by atoms with Crippen molar-refractivity contribution in [2.75, 3.05) is 31.2 Å². The van der Waals surface area contributed by atoms with Gasteiger partial charge >= 0.3 is 6.18 Å². The number of ketones is 2. The van der Waals surface area contributed by atoms with Crippen molar-refractivity contribution < 1.29 is 31.9 Å². The Morgan fingerprint density at radius 2 is 1.86 bits per heavy atom. The van der Waals surface area contributed by atoms with Gasteiger partial charge in [0.15, 0.2) is 11.6 Å². The summed E-state index contributed by atoms with van der Waals surface area (Å²) in [6.07, 6.45) is 1.51. The van der Waals surface area contributed by atoms with Gasteiger partial charge in [-0.3, -0.25) is 9.59 Å². The molecule has 4 aliphatic carbocycles. The maximum Gasteiger partial charge on any atom is 0.457 e. The van der Waals surface area contributed by atoms with Crippen LogP contribution in [-0.4, -0.2) is 50.2 Å². The van der Waals surface area contributed by atoms with Gasteiger partial charge in [-0.25, -0.2) is 4.39 Å². The number of anilines is 1. The van der Waals surface area contributed by atoms with Gasteiger partial charge in [0, 0.05) is 43.0 Å². The van der Waals surface area contributed by atoms with Gasteiger partial charge in [-0.1, -0.05) is 30.6 Å². The highest BCUT2D eigenvalue weighted by atomic mass is 19.4. The third kappa shape index (κ3) is 5.45. The number of hydrogen-bond donors (Lipinski definition) is 0. The van der Waals surface area contributed by atoms with Gasteiger partial charge in [0.25, 0.3) is 0 Å². The summed E-state index contributed by atoms with van der Waals surface area (Å²) in [4.78, 5) is 28.1. The number of carbonyl (C=O) groups excluding carboxylic acids is 2. The van der Waals surface area contributed by atoms with Crippen LogP contribution < -0.4 is 4.90 Å². The molecule has 0 spiro atoms. The van der Waals surface area contributed by atoms with Crippen LogP contribution in [0.1, 0.15) is 69.8 Å². The molecule has 1 saturated heterocycles. The van der Waals surface area contributed by atoms with Crippen LogP contribution >= 0.6 is 0 Å². The Bertz CT molecular complexity index is 1360. The lowest BCUT2D eigenvalue weighted by Crippen LogP contribution is -2.46. The number of nitrogens with zero attached hydrogens (tertiary/aromatic N) is 1. The maximum atomic E-state index is 15.7. The third-order valence-corrected chi connectivity index (χ3v) is 10.6. The Labute approximate surface area is 244 Å². The predicted molar refractivity (Wildman–Crippen MR) is 152 cm³/mol. The maximum absolute atomic E-state index is 15.7. The highest BCUT2D eigenvalue weighted by molar-refractivity contribution is 5.93. The van der Waals surface area contributed by atoms with E-state index < -0.39 is 24.4 Å². The average Bonchev–Trinajstić information content (AvgIpc) is 3.60. The molecule has 1 unspecified atom stereocenters. The molecule has 3 fully saturated rings. The molecule has 2 saturated carbocycles. The van der Waals surface area contributed by atoms with Gasteiger partial charge in [0.1, 0.15) is 19.4 Å². The summed E-state index contributed by atoms with van der Waals surface area (Å²) in [5.74, 6) is 2.71. The van der Waals surface area contributed by atoms with Crippen LogP contribution in [0.2, 0.25) is 0 Å². The summed E-state index contributed by atoms with van der Waals surface area (Å²) in [5.41, 5.74) is 4.76. The number of halogens is 4. The number of fused-ring (bicyclic) bond motifs is 4. The molecule has 0 amide bonds. The highest BCUT2D eigenvalue weighted by Crippen LogP contribution is 2.66. The van der Waals surface area contributed by atoms with Gasteiger partial charge in [0.05, 0.1) is 0 Å². The van der Waals surface area contributed by atoms with E-state index in [0.717, 1.165) is 37.1 Å². The number of benzene rings is 1. The van der Waals surface area contributed by atoms with Gasteiger partial charge in [-0.2, -0.15) is 13.2 Å². The van der Waals surface area contributed by atoms with Crippen LogP contribution in [0.25, 0.3) is 0 Å². The van der Waals surface area contributed by atoms with E-state index >= 15 is 4.39 Å². The minimum atomic E-state index is -4.59. The first kappa shape index (κ1) is 29.2. The zero-order valence-electron chi connectivity index (χ0n) is 23.9. The predicted octanol–water partition coefficient (Wildman–Crippen LogP) is 6.90. The molecular weight excluding hydrogens is 546 g/mol. The van der Waals surface area contributed by atoms with Crippen LogP contribution in [0, 0.1) is 35.0 Å². The van der Waals surface area contributed by atoms with E-state index in [1.165, 1.54) is 36.1 Å². The monoisotopic (exact) mass is 583 g/mol. The molecule has 1 aromatic carbocycles. The topological polar surface area (TPSA) is 46.6 Å². The summed E-state index contributed by atoms with van der Waals surface area (Å²) in [6, 6.07) is 8.70. The number of alkyl halides is 4. The number of rotatable bonds is 6. The zero-order chi connectivity index (χ0) is 29.6. The molecule has 6 atom stereocenters. The Morgan fingerprint density at radius 3 is 2.57 bits per heavy atom. The van der Waals surface area contributed by atoms with E-state index in [0.29, 0.717) is 31.3 Å². The molecule has 0 aromatic heterocycles. The fraction of sp³-hybridized carbons (Fsp3) is 0.588. The van der Waals surface area contributed by atoms with Crippen LogP contribution in [0.5, 0.6) is 0 Å². The first-order valence-corrected chi connectivity index (χ1v) is 15.2. The SMILES string of the molecule is C[C@]12C[C@H](c3ccc(N4CCCC4)cc3)C3=C4CCC(=O)C=C4C(F)C[C@H]3[C@@H]1CC[C@@H]2C(=O)COCC#CC(F)(F)F. The van der Waals surface area contributed by atoms with Crippen molar-refractivity contribution >= 4 is 17.3 Å². The van der Waals surface area contributed by atoms with Crippen molar-refractivity contribution in [3.8, 4) is 11.8 Å². The lowest BCUT2D eigenvalue weighted by Gasteiger charge is -2.53. The molecule has 224 valence electrons. The van der Waals surface area contributed by atoms with E-state index in [1.807, 2.05) is 5.92 Å². The summed E-state index contributed by atoms with van der Waals surface area (Å²) >= 11 is 0. The average molecular weight is 584 g/mol. The molecular formula is C34H37F4NO3. The Morgan fingerprint density at radius 1 is 1.12 bits per heavy atom. The third-order valence-electron chi connectivity index (χ3n) is 10.6. The quantitative estimate of drug-likeness (QED) is 0.208. The zero-order valence-corrected chi connectivity index (χ0v) is 23.9. The fourth-order valence-corrected chi connectivity index (χ4v) is 8.79. The molecule has 8 heteroatoms. The molecule has 1 heterocycles. The van der Waals surface area contributed by atoms with Crippen molar-refractivity contribution in [1.82, 2.24) is 0 Å². The van der Waals surface area contributed by atoms with Crippen molar-refractivity contribution in [2.45, 2.75) is 76.6 Å². The first-order valence-electron chi connectivity index (χ1n) is 15.2. The fourth-order valence-electron chi connectivity index (χ4n) is 8.79. The first-order chi connectivity index (χ1) is 20.0. The molecule has 4 nitrogen and oxygen atoms in total. The Balaban J connectivity index is 1.32. The van der Waals surface area contributed by atoms with E-state index in [-0.39, 0.29) is 41.8 Å². The largest absolute Gasteiger partial charge is 0.457 e. The lowest BCUT2D eigenvalue weighted by atomic mass is 9.51. The van der Waals surface area contributed by atoms with Gasteiger partial charge in [-0.05, 0) is 97.1 Å². The minimum absolute atomic E-state index is 0.00468. The molecule has 1 aromatic rings. The summed E-state index contributed by atoms with van der Waals surface area (Å²) in [5, 5.41) is 0. The van der Waals surface area contributed by atoms with Crippen LogP contribution in [0.15, 0.2) is 47.1 Å². The number of Topliss-reactive ketones (excluding diaryl/α,β-unsaturated/α-hetero) is 1. The van der Waals surface area contributed by atoms with Crippen molar-refractivity contribution in [3.05, 3.63) is 52.6 Å². The minimum Gasteiger partial charge on any atom is -0.372 e. The molecule has 0 radical (unpaired) electrons. The summed E-state index contributed by atoms with van der Waals surface area (Å²) in [6.45, 7) is 3.50. The number of ether oxygens (including phenoxy) is 1. The number of hydrogen-bond acceptors (Lipinski definition) is 4. The second-order valence-electron chi connectivity index (χ2n) is 12.9. The number of allylic oxidation sites excluding steroid dienone is 4. The van der Waals surface area contributed by atoms with E-state index in [1.54, 1.807) is 0 Å².